The second-order valence-electron chi connectivity index (χ2n) is 5.71. The summed E-state index contributed by atoms with van der Waals surface area (Å²) >= 11 is 0. The number of nitrogens with zero attached hydrogens (tertiary/aromatic N) is 3. The number of nitrogens with one attached hydrogen (secondary N) is 1. The molecule has 13 heteroatoms. The number of nitro groups is 1. The lowest BCUT2D eigenvalue weighted by atomic mass is 10.1. The van der Waals surface area contributed by atoms with Crippen LogP contribution in [0.3, 0.4) is 0 Å². The number of rotatable bonds is 8. The summed E-state index contributed by atoms with van der Waals surface area (Å²) in [5.74, 6) is -0.166. The van der Waals surface area contributed by atoms with Crippen molar-refractivity contribution in [3.8, 4) is 11.5 Å². The molecule has 0 atom stereocenters. The number of non-ortho nitro benzene ring substituents is 1. The summed E-state index contributed by atoms with van der Waals surface area (Å²) in [4.78, 5) is 10.4. The lowest BCUT2D eigenvalue weighted by molar-refractivity contribution is -0.385. The van der Waals surface area contributed by atoms with Crippen LogP contribution < -0.4 is 20.7 Å². The fourth-order valence-corrected chi connectivity index (χ4v) is 2.97. The number of aryl methyl sites for hydroxylation is 1. The molecule has 0 aliphatic carbocycles. The molecule has 0 heterocycles. The van der Waals surface area contributed by atoms with Gasteiger partial charge in [0.25, 0.3) is 5.69 Å². The lowest BCUT2D eigenvalue weighted by Crippen LogP contribution is -2.33. The van der Waals surface area contributed by atoms with Crippen molar-refractivity contribution in [1.29, 1.82) is 0 Å². The Labute approximate surface area is 172 Å². The second-order valence-corrected chi connectivity index (χ2v) is 7.26. The molecule has 3 N–H and O–H groups in total. The predicted molar refractivity (Wildman–Crippen MR) is 108 cm³/mol. The number of hydrogen-bond acceptors (Lipinski definition) is 9. The summed E-state index contributed by atoms with van der Waals surface area (Å²) in [6.07, 6.45) is 1.12. The van der Waals surface area contributed by atoms with E-state index in [4.69, 9.17) is 15.2 Å². The summed E-state index contributed by atoms with van der Waals surface area (Å²) in [6, 6.07) is 8.36. The van der Waals surface area contributed by atoms with E-state index in [9.17, 15) is 18.5 Å². The SMILES string of the molecule is COc1cc([N+](=O)[O-])cc(C=NN=C(N)NOS(=O)(=O)c2ccc(C)cc2)c1OC. The normalized spacial score (nSPS) is 12.0. The van der Waals surface area contributed by atoms with Crippen LogP contribution in [0.4, 0.5) is 5.69 Å². The first-order valence-corrected chi connectivity index (χ1v) is 9.62. The van der Waals surface area contributed by atoms with Gasteiger partial charge in [0.05, 0.1) is 36.3 Å². The maximum absolute atomic E-state index is 12.1. The van der Waals surface area contributed by atoms with Gasteiger partial charge in [0, 0.05) is 11.6 Å². The first-order chi connectivity index (χ1) is 14.2. The van der Waals surface area contributed by atoms with Gasteiger partial charge < -0.3 is 15.2 Å². The predicted octanol–water partition coefficient (Wildman–Crippen LogP) is 1.48. The Morgan fingerprint density at radius 1 is 1.20 bits per heavy atom. The highest BCUT2D eigenvalue weighted by Gasteiger charge is 2.17. The average molecular weight is 437 g/mol. The molecule has 0 bridgehead atoms. The second kappa shape index (κ2) is 9.67. The van der Waals surface area contributed by atoms with E-state index in [0.717, 1.165) is 11.8 Å². The minimum Gasteiger partial charge on any atom is -0.493 e. The molecule has 0 unspecified atom stereocenters. The molecule has 0 amide bonds. The van der Waals surface area contributed by atoms with E-state index >= 15 is 0 Å². The molecule has 0 aromatic heterocycles. The van der Waals surface area contributed by atoms with E-state index < -0.39 is 21.0 Å². The molecule has 160 valence electrons. The van der Waals surface area contributed by atoms with Gasteiger partial charge in [-0.3, -0.25) is 10.1 Å². The highest BCUT2D eigenvalue weighted by Crippen LogP contribution is 2.34. The summed E-state index contributed by atoms with van der Waals surface area (Å²) in [5, 5.41) is 18.2. The molecule has 0 saturated carbocycles. The molecule has 0 aliphatic rings. The Kier molecular flexibility index (Phi) is 7.27. The van der Waals surface area contributed by atoms with Gasteiger partial charge in [-0.2, -0.15) is 13.5 Å². The number of ether oxygens (including phenoxy) is 2. The fraction of sp³-hybridized carbons (Fsp3) is 0.176. The van der Waals surface area contributed by atoms with Gasteiger partial charge in [0.2, 0.25) is 5.96 Å². The van der Waals surface area contributed by atoms with Crippen LogP contribution in [0.5, 0.6) is 11.5 Å². The quantitative estimate of drug-likeness (QED) is 0.269. The van der Waals surface area contributed by atoms with Crippen molar-refractivity contribution in [3.05, 3.63) is 57.6 Å². The van der Waals surface area contributed by atoms with Crippen LogP contribution >= 0.6 is 0 Å². The number of hydroxylamine groups is 1. The monoisotopic (exact) mass is 437 g/mol. The van der Waals surface area contributed by atoms with Crippen LogP contribution in [-0.4, -0.2) is 39.7 Å². The van der Waals surface area contributed by atoms with Gasteiger partial charge in [0.15, 0.2) is 11.5 Å². The van der Waals surface area contributed by atoms with Crippen molar-refractivity contribution in [2.45, 2.75) is 11.8 Å². The number of benzene rings is 2. The third kappa shape index (κ3) is 5.65. The maximum atomic E-state index is 12.1. The van der Waals surface area contributed by atoms with E-state index in [1.807, 2.05) is 12.4 Å². The molecule has 0 radical (unpaired) electrons. The molecule has 2 rings (SSSR count). The maximum Gasteiger partial charge on any atom is 0.317 e. The van der Waals surface area contributed by atoms with Crippen molar-refractivity contribution in [3.63, 3.8) is 0 Å². The third-order valence-corrected chi connectivity index (χ3v) is 4.78. The number of nitro benzene ring substituents is 1. The molecule has 0 spiro atoms. The van der Waals surface area contributed by atoms with Gasteiger partial charge in [0.1, 0.15) is 0 Å². The van der Waals surface area contributed by atoms with Crippen molar-refractivity contribution < 1.29 is 27.1 Å². The molecule has 30 heavy (non-hydrogen) atoms. The van der Waals surface area contributed by atoms with Crippen LogP contribution in [0.15, 0.2) is 51.5 Å². The van der Waals surface area contributed by atoms with Crippen LogP contribution in [0.25, 0.3) is 0 Å². The Morgan fingerprint density at radius 3 is 2.43 bits per heavy atom. The highest BCUT2D eigenvalue weighted by atomic mass is 32.2. The Bertz CT molecular complexity index is 1080. The highest BCUT2D eigenvalue weighted by molar-refractivity contribution is 7.86. The van der Waals surface area contributed by atoms with Gasteiger partial charge in [-0.1, -0.05) is 17.7 Å². The lowest BCUT2D eigenvalue weighted by Gasteiger charge is -2.09. The van der Waals surface area contributed by atoms with Crippen LogP contribution in [0, 0.1) is 17.0 Å². The molecular weight excluding hydrogens is 418 g/mol. The minimum atomic E-state index is -4.12. The molecule has 2 aromatic rings. The van der Waals surface area contributed by atoms with E-state index in [0.29, 0.717) is 0 Å². The van der Waals surface area contributed by atoms with Gasteiger partial charge in [-0.25, -0.2) is 5.48 Å². The number of guanidine groups is 1. The molecule has 0 aliphatic heterocycles. The molecule has 12 nitrogen and oxygen atoms in total. The zero-order valence-corrected chi connectivity index (χ0v) is 17.0. The van der Waals surface area contributed by atoms with Gasteiger partial charge in [-0.15, -0.1) is 9.39 Å². The van der Waals surface area contributed by atoms with E-state index in [1.54, 1.807) is 12.1 Å². The van der Waals surface area contributed by atoms with Gasteiger partial charge >= 0.3 is 10.1 Å². The largest absolute Gasteiger partial charge is 0.493 e. The number of hydrogen-bond donors (Lipinski definition) is 2. The van der Waals surface area contributed by atoms with Crippen molar-refractivity contribution in [1.82, 2.24) is 5.48 Å². The summed E-state index contributed by atoms with van der Waals surface area (Å²) in [5.41, 5.74) is 8.30. The van der Waals surface area contributed by atoms with Gasteiger partial charge in [-0.05, 0) is 19.1 Å². The topological polar surface area (TPSA) is 168 Å². The Morgan fingerprint density at radius 2 is 1.87 bits per heavy atom. The average Bonchev–Trinajstić information content (AvgIpc) is 2.71. The van der Waals surface area contributed by atoms with Crippen molar-refractivity contribution >= 4 is 28.0 Å². The molecule has 0 saturated heterocycles. The number of methoxy groups -OCH3 is 2. The standard InChI is InChI=1S/C17H19N5O7S/c1-11-4-6-14(7-5-11)30(25,26)29-21-17(18)20-19-10-12-8-13(22(23)24)9-15(27-2)16(12)28-3/h4-10H,1-3H3,(H3,18,20,21). The van der Waals surface area contributed by atoms with Crippen LogP contribution in [0.2, 0.25) is 0 Å². The fourth-order valence-electron chi connectivity index (χ4n) is 2.20. The third-order valence-electron chi connectivity index (χ3n) is 3.63. The summed E-state index contributed by atoms with van der Waals surface area (Å²) in [7, 11) is -1.44. The van der Waals surface area contributed by atoms with Crippen LogP contribution in [0.1, 0.15) is 11.1 Å². The van der Waals surface area contributed by atoms with Crippen molar-refractivity contribution in [2.24, 2.45) is 15.9 Å². The minimum absolute atomic E-state index is 0.0784. The number of nitrogens with two attached hydrogens (primary N) is 1. The zero-order chi connectivity index (χ0) is 22.3. The smallest absolute Gasteiger partial charge is 0.317 e. The first-order valence-electron chi connectivity index (χ1n) is 8.21. The van der Waals surface area contributed by atoms with Crippen molar-refractivity contribution in [2.75, 3.05) is 14.2 Å². The zero-order valence-electron chi connectivity index (χ0n) is 16.2. The molecular formula is C17H19N5O7S. The Balaban J connectivity index is 2.15. The van der Waals surface area contributed by atoms with E-state index in [1.165, 1.54) is 38.5 Å². The Hall–Kier alpha value is -3.71. The summed E-state index contributed by atoms with van der Waals surface area (Å²) in [6.45, 7) is 1.81. The van der Waals surface area contributed by atoms with Crippen LogP contribution in [-0.2, 0) is 14.4 Å². The van der Waals surface area contributed by atoms with E-state index in [2.05, 4.69) is 14.5 Å². The first kappa shape index (κ1) is 22.6. The van der Waals surface area contributed by atoms with E-state index in [-0.39, 0.29) is 27.6 Å². The molecule has 2 aromatic carbocycles. The molecule has 0 fully saturated rings. The summed E-state index contributed by atoms with van der Waals surface area (Å²) < 4.78 is 39.0.